The third kappa shape index (κ3) is 3.58. The standard InChI is InChI=1S/C13H11F2NO3/c1-2-19-11(18)5-9-3-8(7-17)4-10(6-16)12(9)13(14)15/h3-4,7,13H,2,5H2,1H3. The van der Waals surface area contributed by atoms with E-state index in [4.69, 9.17) is 5.26 Å². The number of esters is 1. The number of hydrogen-bond acceptors (Lipinski definition) is 4. The van der Waals surface area contributed by atoms with Crippen molar-refractivity contribution in [3.63, 3.8) is 0 Å². The number of aldehydes is 1. The number of hydrogen-bond donors (Lipinski definition) is 0. The summed E-state index contributed by atoms with van der Waals surface area (Å²) >= 11 is 0. The van der Waals surface area contributed by atoms with E-state index < -0.39 is 24.4 Å². The Hall–Kier alpha value is -2.29. The van der Waals surface area contributed by atoms with E-state index in [0.717, 1.165) is 6.07 Å². The number of alkyl halides is 2. The SMILES string of the molecule is CCOC(=O)Cc1cc(C=O)cc(C#N)c1C(F)F. The fourth-order valence-electron chi connectivity index (χ4n) is 1.67. The van der Waals surface area contributed by atoms with Gasteiger partial charge in [0.05, 0.1) is 24.7 Å². The normalized spacial score (nSPS) is 10.1. The second-order valence-electron chi connectivity index (χ2n) is 3.65. The van der Waals surface area contributed by atoms with E-state index in [-0.39, 0.29) is 23.3 Å². The molecule has 4 nitrogen and oxygen atoms in total. The molecule has 0 saturated heterocycles. The molecule has 0 aliphatic heterocycles. The van der Waals surface area contributed by atoms with Crippen LogP contribution >= 0.6 is 0 Å². The highest BCUT2D eigenvalue weighted by molar-refractivity contribution is 5.79. The summed E-state index contributed by atoms with van der Waals surface area (Å²) in [4.78, 5) is 22.1. The molecule has 0 unspecified atom stereocenters. The minimum absolute atomic E-state index is 0.0606. The average molecular weight is 267 g/mol. The molecule has 0 amide bonds. The third-order valence-electron chi connectivity index (χ3n) is 2.40. The molecule has 0 fully saturated rings. The first-order valence-corrected chi connectivity index (χ1v) is 5.49. The van der Waals surface area contributed by atoms with Gasteiger partial charge in [0, 0.05) is 11.1 Å². The van der Waals surface area contributed by atoms with Crippen LogP contribution in [0.1, 0.15) is 40.4 Å². The van der Waals surface area contributed by atoms with Crippen LogP contribution in [0.2, 0.25) is 0 Å². The van der Waals surface area contributed by atoms with Crippen LogP contribution in [0.5, 0.6) is 0 Å². The third-order valence-corrected chi connectivity index (χ3v) is 2.40. The van der Waals surface area contributed by atoms with Gasteiger partial charge in [0.15, 0.2) is 0 Å². The number of carbonyl (C=O) groups is 2. The molecule has 0 bridgehead atoms. The van der Waals surface area contributed by atoms with Crippen LogP contribution in [0.4, 0.5) is 8.78 Å². The Bertz CT molecular complexity index is 535. The topological polar surface area (TPSA) is 67.2 Å². The first kappa shape index (κ1) is 14.8. The largest absolute Gasteiger partial charge is 0.466 e. The molecule has 0 heterocycles. The van der Waals surface area contributed by atoms with Gasteiger partial charge in [-0.05, 0) is 24.6 Å². The predicted molar refractivity (Wildman–Crippen MR) is 61.8 cm³/mol. The first-order valence-electron chi connectivity index (χ1n) is 5.49. The maximum atomic E-state index is 13.0. The molecule has 0 aliphatic rings. The van der Waals surface area contributed by atoms with Gasteiger partial charge in [-0.1, -0.05) is 0 Å². The average Bonchev–Trinajstić information content (AvgIpc) is 2.37. The van der Waals surface area contributed by atoms with Crippen LogP contribution in [0, 0.1) is 11.3 Å². The molecule has 1 rings (SSSR count). The van der Waals surface area contributed by atoms with E-state index in [9.17, 15) is 18.4 Å². The molecule has 1 aromatic carbocycles. The molecule has 0 N–H and O–H groups in total. The Kier molecular flexibility index (Phi) is 5.12. The molecule has 19 heavy (non-hydrogen) atoms. The zero-order valence-corrected chi connectivity index (χ0v) is 10.2. The van der Waals surface area contributed by atoms with E-state index in [1.165, 1.54) is 6.07 Å². The van der Waals surface area contributed by atoms with Crippen molar-refractivity contribution in [1.82, 2.24) is 0 Å². The highest BCUT2D eigenvalue weighted by atomic mass is 19.3. The molecule has 0 saturated carbocycles. The molecule has 100 valence electrons. The monoisotopic (exact) mass is 267 g/mol. The van der Waals surface area contributed by atoms with Crippen LogP contribution in [-0.2, 0) is 16.0 Å². The minimum atomic E-state index is -2.90. The van der Waals surface area contributed by atoms with Gasteiger partial charge in [-0.3, -0.25) is 9.59 Å². The number of nitrogens with zero attached hydrogens (tertiary/aromatic N) is 1. The lowest BCUT2D eigenvalue weighted by atomic mass is 9.96. The Morgan fingerprint density at radius 3 is 2.68 bits per heavy atom. The maximum absolute atomic E-state index is 13.0. The minimum Gasteiger partial charge on any atom is -0.466 e. The zero-order chi connectivity index (χ0) is 14.4. The van der Waals surface area contributed by atoms with Crippen molar-refractivity contribution in [2.24, 2.45) is 0 Å². The molecule has 0 spiro atoms. The number of ether oxygens (including phenoxy) is 1. The van der Waals surface area contributed by atoms with Crippen molar-refractivity contribution in [2.45, 2.75) is 19.8 Å². The molecular weight excluding hydrogens is 256 g/mol. The first-order chi connectivity index (χ1) is 9.03. The van der Waals surface area contributed by atoms with Gasteiger partial charge in [-0.2, -0.15) is 5.26 Å². The zero-order valence-electron chi connectivity index (χ0n) is 10.2. The van der Waals surface area contributed by atoms with E-state index in [2.05, 4.69) is 4.74 Å². The van der Waals surface area contributed by atoms with Crippen molar-refractivity contribution in [1.29, 1.82) is 5.26 Å². The van der Waals surface area contributed by atoms with Crippen LogP contribution < -0.4 is 0 Å². The number of nitriles is 1. The number of benzene rings is 1. The van der Waals surface area contributed by atoms with Gasteiger partial charge < -0.3 is 4.74 Å². The maximum Gasteiger partial charge on any atom is 0.310 e. The predicted octanol–water partition coefficient (Wildman–Crippen LogP) is 2.41. The van der Waals surface area contributed by atoms with Crippen molar-refractivity contribution in [3.8, 4) is 6.07 Å². The Labute approximate surface area is 108 Å². The van der Waals surface area contributed by atoms with E-state index in [1.54, 1.807) is 13.0 Å². The number of carbonyl (C=O) groups excluding carboxylic acids is 2. The summed E-state index contributed by atoms with van der Waals surface area (Å²) < 4.78 is 30.6. The van der Waals surface area contributed by atoms with Gasteiger partial charge in [0.1, 0.15) is 6.29 Å². The highest BCUT2D eigenvalue weighted by Gasteiger charge is 2.21. The summed E-state index contributed by atoms with van der Waals surface area (Å²) in [5.41, 5.74) is -0.824. The van der Waals surface area contributed by atoms with Gasteiger partial charge >= 0.3 is 5.97 Å². The lowest BCUT2D eigenvalue weighted by Gasteiger charge is -2.11. The molecule has 1 aromatic rings. The summed E-state index contributed by atoms with van der Waals surface area (Å²) in [5, 5.41) is 8.83. The van der Waals surface area contributed by atoms with Crippen LogP contribution in [0.3, 0.4) is 0 Å². The van der Waals surface area contributed by atoms with Crippen LogP contribution in [0.15, 0.2) is 12.1 Å². The van der Waals surface area contributed by atoms with Crippen molar-refractivity contribution < 1.29 is 23.1 Å². The van der Waals surface area contributed by atoms with Crippen molar-refractivity contribution in [2.75, 3.05) is 6.61 Å². The van der Waals surface area contributed by atoms with Gasteiger partial charge in [-0.25, -0.2) is 8.78 Å². The van der Waals surface area contributed by atoms with Crippen molar-refractivity contribution in [3.05, 3.63) is 34.4 Å². The summed E-state index contributed by atoms with van der Waals surface area (Å²) in [6.07, 6.45) is -2.87. The molecule has 0 radical (unpaired) electrons. The molecule has 0 aromatic heterocycles. The summed E-state index contributed by atoms with van der Waals surface area (Å²) in [5.74, 6) is -0.684. The summed E-state index contributed by atoms with van der Waals surface area (Å²) in [7, 11) is 0. The lowest BCUT2D eigenvalue weighted by Crippen LogP contribution is -2.11. The second-order valence-corrected chi connectivity index (χ2v) is 3.65. The fraction of sp³-hybridized carbons (Fsp3) is 0.308. The summed E-state index contributed by atoms with van der Waals surface area (Å²) in [6.45, 7) is 1.72. The number of rotatable bonds is 5. The smallest absolute Gasteiger partial charge is 0.310 e. The quantitative estimate of drug-likeness (QED) is 0.607. The molecular formula is C13H11F2NO3. The Morgan fingerprint density at radius 2 is 2.21 bits per heavy atom. The second kappa shape index (κ2) is 6.59. The van der Waals surface area contributed by atoms with Gasteiger partial charge in [-0.15, -0.1) is 0 Å². The highest BCUT2D eigenvalue weighted by Crippen LogP contribution is 2.28. The molecule has 0 aliphatic carbocycles. The van der Waals surface area contributed by atoms with E-state index >= 15 is 0 Å². The van der Waals surface area contributed by atoms with Gasteiger partial charge in [0.25, 0.3) is 6.43 Å². The molecule has 6 heteroatoms. The fourth-order valence-corrected chi connectivity index (χ4v) is 1.67. The Balaban J connectivity index is 3.30. The molecule has 0 atom stereocenters. The lowest BCUT2D eigenvalue weighted by molar-refractivity contribution is -0.142. The van der Waals surface area contributed by atoms with E-state index in [0.29, 0.717) is 6.29 Å². The van der Waals surface area contributed by atoms with Crippen molar-refractivity contribution >= 4 is 12.3 Å². The van der Waals surface area contributed by atoms with Crippen LogP contribution in [0.25, 0.3) is 0 Å². The van der Waals surface area contributed by atoms with E-state index in [1.807, 2.05) is 0 Å². The van der Waals surface area contributed by atoms with Crippen LogP contribution in [-0.4, -0.2) is 18.9 Å². The number of halogens is 2. The Morgan fingerprint density at radius 1 is 1.53 bits per heavy atom. The van der Waals surface area contributed by atoms with Gasteiger partial charge in [0.2, 0.25) is 0 Å². The summed E-state index contributed by atoms with van der Waals surface area (Å²) in [6, 6.07) is 3.85.